The number of hydrogen-bond donors (Lipinski definition) is 1. The van der Waals surface area contributed by atoms with E-state index in [2.05, 4.69) is 9.97 Å². The highest BCUT2D eigenvalue weighted by Crippen LogP contribution is 2.34. The van der Waals surface area contributed by atoms with E-state index >= 15 is 0 Å². The largest absolute Gasteiger partial charge is 0.457 e. The average molecular weight is 368 g/mol. The van der Waals surface area contributed by atoms with Gasteiger partial charge in [0.25, 0.3) is 5.56 Å². The van der Waals surface area contributed by atoms with Gasteiger partial charge in [-0.3, -0.25) is 9.59 Å². The monoisotopic (exact) mass is 368 g/mol. The van der Waals surface area contributed by atoms with Gasteiger partial charge in [-0.05, 0) is 36.8 Å². The van der Waals surface area contributed by atoms with Crippen LogP contribution in [-0.4, -0.2) is 15.9 Å². The molecule has 0 bridgehead atoms. The molecule has 2 heterocycles. The number of hydrogen-bond acceptors (Lipinski definition) is 5. The fourth-order valence-electron chi connectivity index (χ4n) is 3.58. The van der Waals surface area contributed by atoms with Crippen molar-refractivity contribution in [2.24, 2.45) is 0 Å². The molecule has 134 valence electrons. The van der Waals surface area contributed by atoms with Crippen LogP contribution in [0.5, 0.6) is 0 Å². The van der Waals surface area contributed by atoms with Gasteiger partial charge in [0.1, 0.15) is 17.3 Å². The Labute approximate surface area is 155 Å². The second kappa shape index (κ2) is 7.03. The molecule has 1 aromatic carbocycles. The van der Waals surface area contributed by atoms with E-state index in [4.69, 9.17) is 4.74 Å². The van der Waals surface area contributed by atoms with E-state index in [1.165, 1.54) is 4.88 Å². The molecule has 6 heteroatoms. The van der Waals surface area contributed by atoms with Crippen molar-refractivity contribution in [2.45, 2.75) is 45.1 Å². The van der Waals surface area contributed by atoms with Gasteiger partial charge in [-0.25, -0.2) is 4.98 Å². The van der Waals surface area contributed by atoms with Crippen LogP contribution in [0, 0.1) is 0 Å². The van der Waals surface area contributed by atoms with Crippen molar-refractivity contribution in [2.75, 3.05) is 0 Å². The third-order valence-electron chi connectivity index (χ3n) is 4.87. The number of aryl methyl sites for hydroxylation is 2. The average Bonchev–Trinajstić information content (AvgIpc) is 3.22. The molecular weight excluding hydrogens is 348 g/mol. The van der Waals surface area contributed by atoms with Crippen LogP contribution in [0.25, 0.3) is 10.2 Å². The van der Waals surface area contributed by atoms with Crippen LogP contribution in [0.1, 0.15) is 47.5 Å². The predicted molar refractivity (Wildman–Crippen MR) is 102 cm³/mol. The minimum absolute atomic E-state index is 0.0179. The number of H-pyrrole nitrogens is 1. The van der Waals surface area contributed by atoms with E-state index in [1.807, 2.05) is 37.3 Å². The molecule has 1 aliphatic rings. The maximum atomic E-state index is 12.5. The molecule has 1 atom stereocenters. The zero-order valence-electron chi connectivity index (χ0n) is 14.6. The second-order valence-corrected chi connectivity index (χ2v) is 7.61. The summed E-state index contributed by atoms with van der Waals surface area (Å²) in [6, 6.07) is 9.59. The SMILES string of the molecule is CC[C@@H](C(=O)OCc1nc2sc3c(c2c(=O)[nH]1)CCC3)c1ccccc1. The molecule has 0 fully saturated rings. The number of benzene rings is 1. The highest BCUT2D eigenvalue weighted by Gasteiger charge is 2.23. The number of aromatic nitrogens is 2. The summed E-state index contributed by atoms with van der Waals surface area (Å²) in [6.07, 6.45) is 3.73. The third-order valence-corrected chi connectivity index (χ3v) is 6.06. The summed E-state index contributed by atoms with van der Waals surface area (Å²) in [5.74, 6) is -0.203. The smallest absolute Gasteiger partial charge is 0.313 e. The van der Waals surface area contributed by atoms with E-state index in [-0.39, 0.29) is 24.1 Å². The lowest BCUT2D eigenvalue weighted by Crippen LogP contribution is -2.18. The van der Waals surface area contributed by atoms with Crippen LogP contribution in [-0.2, 0) is 29.0 Å². The van der Waals surface area contributed by atoms with Crippen molar-refractivity contribution in [3.63, 3.8) is 0 Å². The van der Waals surface area contributed by atoms with Crippen LogP contribution in [0.3, 0.4) is 0 Å². The summed E-state index contributed by atoms with van der Waals surface area (Å²) in [7, 11) is 0. The molecule has 0 aliphatic heterocycles. The summed E-state index contributed by atoms with van der Waals surface area (Å²) >= 11 is 1.59. The molecule has 1 N–H and O–H groups in total. The first kappa shape index (κ1) is 17.0. The van der Waals surface area contributed by atoms with Crippen molar-refractivity contribution in [3.05, 3.63) is 62.5 Å². The number of nitrogens with one attached hydrogen (secondary N) is 1. The number of carbonyl (C=O) groups excluding carboxylic acids is 1. The first-order valence-electron chi connectivity index (χ1n) is 8.92. The standard InChI is InChI=1S/C20H20N2O3S/c1-2-13(12-7-4-3-5-8-12)20(24)25-11-16-21-18(23)17-14-9-6-10-15(14)26-19(17)22-16/h3-5,7-8,13H,2,6,9-11H2,1H3,(H,21,22,23)/t13-/m1/s1. The first-order valence-corrected chi connectivity index (χ1v) is 9.74. The Morgan fingerprint density at radius 2 is 2.12 bits per heavy atom. The Balaban J connectivity index is 1.52. The lowest BCUT2D eigenvalue weighted by molar-refractivity contribution is -0.147. The van der Waals surface area contributed by atoms with E-state index < -0.39 is 0 Å². The van der Waals surface area contributed by atoms with Crippen LogP contribution >= 0.6 is 11.3 Å². The van der Waals surface area contributed by atoms with E-state index in [1.54, 1.807) is 11.3 Å². The van der Waals surface area contributed by atoms with Gasteiger partial charge >= 0.3 is 5.97 Å². The van der Waals surface area contributed by atoms with Gasteiger partial charge in [-0.15, -0.1) is 11.3 Å². The van der Waals surface area contributed by atoms with Gasteiger partial charge in [0.2, 0.25) is 0 Å². The molecule has 5 nitrogen and oxygen atoms in total. The predicted octanol–water partition coefficient (Wildman–Crippen LogP) is 3.71. The Morgan fingerprint density at radius 3 is 2.88 bits per heavy atom. The molecule has 4 rings (SSSR count). The Bertz CT molecular complexity index is 1010. The fourth-order valence-corrected chi connectivity index (χ4v) is 4.86. The minimum Gasteiger partial charge on any atom is -0.457 e. The van der Waals surface area contributed by atoms with Crippen LogP contribution in [0.2, 0.25) is 0 Å². The second-order valence-electron chi connectivity index (χ2n) is 6.53. The highest BCUT2D eigenvalue weighted by atomic mass is 32.1. The highest BCUT2D eigenvalue weighted by molar-refractivity contribution is 7.18. The number of esters is 1. The number of rotatable bonds is 5. The maximum absolute atomic E-state index is 12.5. The Hall–Kier alpha value is -2.47. The molecule has 1 aliphatic carbocycles. The van der Waals surface area contributed by atoms with Crippen LogP contribution in [0.15, 0.2) is 35.1 Å². The van der Waals surface area contributed by atoms with Gasteiger partial charge in [-0.2, -0.15) is 0 Å². The van der Waals surface area contributed by atoms with Crippen molar-refractivity contribution in [1.29, 1.82) is 0 Å². The number of ether oxygens (including phenoxy) is 1. The topological polar surface area (TPSA) is 72.0 Å². The van der Waals surface area contributed by atoms with Gasteiger partial charge < -0.3 is 9.72 Å². The van der Waals surface area contributed by atoms with E-state index in [0.717, 1.165) is 35.2 Å². The number of fused-ring (bicyclic) bond motifs is 3. The number of thiophene rings is 1. The van der Waals surface area contributed by atoms with Gasteiger partial charge in [0, 0.05) is 4.88 Å². The van der Waals surface area contributed by atoms with Crippen LogP contribution < -0.4 is 5.56 Å². The molecule has 0 radical (unpaired) electrons. The quantitative estimate of drug-likeness (QED) is 0.697. The van der Waals surface area contributed by atoms with Crippen molar-refractivity contribution < 1.29 is 9.53 Å². The van der Waals surface area contributed by atoms with Gasteiger partial charge in [-0.1, -0.05) is 37.3 Å². The summed E-state index contributed by atoms with van der Waals surface area (Å²) < 4.78 is 5.45. The molecule has 0 amide bonds. The summed E-state index contributed by atoms with van der Waals surface area (Å²) in [4.78, 5) is 34.2. The molecule has 2 aromatic heterocycles. The molecule has 0 unspecified atom stereocenters. The fraction of sp³-hybridized carbons (Fsp3) is 0.350. The van der Waals surface area contributed by atoms with Gasteiger partial charge in [0.05, 0.1) is 11.3 Å². The van der Waals surface area contributed by atoms with Gasteiger partial charge in [0.15, 0.2) is 0 Å². The number of aromatic amines is 1. The first-order chi connectivity index (χ1) is 12.7. The summed E-state index contributed by atoms with van der Waals surface area (Å²) in [6.45, 7) is 1.94. The van der Waals surface area contributed by atoms with Crippen molar-refractivity contribution in [1.82, 2.24) is 9.97 Å². The zero-order chi connectivity index (χ0) is 18.1. The summed E-state index contributed by atoms with van der Waals surface area (Å²) in [5, 5.41) is 0.716. The molecule has 3 aromatic rings. The summed E-state index contributed by atoms with van der Waals surface area (Å²) in [5.41, 5.74) is 1.96. The van der Waals surface area contributed by atoms with Crippen molar-refractivity contribution >= 4 is 27.5 Å². The lowest BCUT2D eigenvalue weighted by Gasteiger charge is -2.14. The molecule has 0 saturated carbocycles. The lowest BCUT2D eigenvalue weighted by atomic mass is 9.97. The Morgan fingerprint density at radius 1 is 1.31 bits per heavy atom. The zero-order valence-corrected chi connectivity index (χ0v) is 15.4. The van der Waals surface area contributed by atoms with E-state index in [9.17, 15) is 9.59 Å². The normalized spacial score (nSPS) is 14.3. The third kappa shape index (κ3) is 3.05. The molecule has 0 spiro atoms. The molecular formula is C20H20N2O3S. The van der Waals surface area contributed by atoms with E-state index in [0.29, 0.717) is 17.6 Å². The molecule has 0 saturated heterocycles. The Kier molecular flexibility index (Phi) is 4.59. The maximum Gasteiger partial charge on any atom is 0.313 e. The molecule has 26 heavy (non-hydrogen) atoms. The minimum atomic E-state index is -0.308. The van der Waals surface area contributed by atoms with Crippen LogP contribution in [0.4, 0.5) is 0 Å². The number of nitrogens with zero attached hydrogens (tertiary/aromatic N) is 1. The van der Waals surface area contributed by atoms with Crippen molar-refractivity contribution in [3.8, 4) is 0 Å². The number of carbonyl (C=O) groups is 1.